The van der Waals surface area contributed by atoms with Crippen LogP contribution in [-0.2, 0) is 13.2 Å². The van der Waals surface area contributed by atoms with Crippen LogP contribution < -0.4 is 4.74 Å². The number of nitrogens with zero attached hydrogens (tertiary/aromatic N) is 2. The largest absolute Gasteiger partial charge is 0.486 e. The first-order valence-electron chi connectivity index (χ1n) is 8.65. The van der Waals surface area contributed by atoms with Crippen LogP contribution in [0.15, 0.2) is 78.9 Å². The van der Waals surface area contributed by atoms with Crippen LogP contribution in [0.25, 0.3) is 11.0 Å². The molecule has 0 aliphatic heterocycles. The molecular formula is C22H18N2O3. The molecule has 1 heterocycles. The average Bonchev–Trinajstić information content (AvgIpc) is 3.04. The first-order chi connectivity index (χ1) is 13.2. The Hall–Kier alpha value is -3.60. The van der Waals surface area contributed by atoms with Crippen molar-refractivity contribution in [3.8, 4) is 5.75 Å². The number of carboxylic acid groups (broad SMARTS) is 1. The van der Waals surface area contributed by atoms with Crippen molar-refractivity contribution in [1.82, 2.24) is 9.55 Å². The van der Waals surface area contributed by atoms with Gasteiger partial charge in [-0.3, -0.25) is 0 Å². The standard InChI is InChI=1S/C22H18N2O3/c25-22(26)17-11-12-19-20(13-17)24(14-16-7-3-1-4-8-16)21(23-19)15-27-18-9-5-2-6-10-18/h1-13H,14-15H2,(H,25,26). The summed E-state index contributed by atoms with van der Waals surface area (Å²) in [7, 11) is 0. The van der Waals surface area contributed by atoms with Crippen molar-refractivity contribution in [2.75, 3.05) is 0 Å². The van der Waals surface area contributed by atoms with Crippen LogP contribution in [0.5, 0.6) is 5.75 Å². The van der Waals surface area contributed by atoms with Gasteiger partial charge in [0.05, 0.1) is 16.6 Å². The van der Waals surface area contributed by atoms with Gasteiger partial charge in [0, 0.05) is 6.54 Å². The molecule has 0 aliphatic rings. The van der Waals surface area contributed by atoms with Gasteiger partial charge in [-0.05, 0) is 35.9 Å². The molecule has 0 saturated heterocycles. The van der Waals surface area contributed by atoms with Gasteiger partial charge in [-0.25, -0.2) is 9.78 Å². The molecule has 1 aromatic heterocycles. The zero-order chi connectivity index (χ0) is 18.6. The van der Waals surface area contributed by atoms with E-state index in [0.717, 1.165) is 28.2 Å². The molecule has 0 radical (unpaired) electrons. The van der Waals surface area contributed by atoms with Gasteiger partial charge in [0.15, 0.2) is 0 Å². The van der Waals surface area contributed by atoms with Gasteiger partial charge in [0.1, 0.15) is 18.2 Å². The van der Waals surface area contributed by atoms with Crippen molar-refractivity contribution >= 4 is 17.0 Å². The molecule has 0 atom stereocenters. The van der Waals surface area contributed by atoms with Gasteiger partial charge in [0.2, 0.25) is 0 Å². The summed E-state index contributed by atoms with van der Waals surface area (Å²) in [6.45, 7) is 0.891. The van der Waals surface area contributed by atoms with Crippen molar-refractivity contribution in [2.24, 2.45) is 0 Å². The summed E-state index contributed by atoms with van der Waals surface area (Å²) < 4.78 is 7.89. The van der Waals surface area contributed by atoms with Crippen LogP contribution in [0.4, 0.5) is 0 Å². The number of carbonyl (C=O) groups is 1. The van der Waals surface area contributed by atoms with Crippen LogP contribution in [-0.4, -0.2) is 20.6 Å². The molecule has 5 nitrogen and oxygen atoms in total. The molecule has 4 rings (SSSR count). The highest BCUT2D eigenvalue weighted by Gasteiger charge is 2.14. The fourth-order valence-electron chi connectivity index (χ4n) is 3.02. The van der Waals surface area contributed by atoms with Gasteiger partial charge in [-0.1, -0.05) is 48.5 Å². The Morgan fingerprint density at radius 1 is 0.963 bits per heavy atom. The molecule has 0 bridgehead atoms. The summed E-state index contributed by atoms with van der Waals surface area (Å²) in [5, 5.41) is 9.33. The minimum Gasteiger partial charge on any atom is -0.486 e. The molecule has 134 valence electrons. The van der Waals surface area contributed by atoms with Crippen molar-refractivity contribution in [3.63, 3.8) is 0 Å². The maximum Gasteiger partial charge on any atom is 0.335 e. The third-order valence-electron chi connectivity index (χ3n) is 4.37. The van der Waals surface area contributed by atoms with Crippen LogP contribution in [0.2, 0.25) is 0 Å². The van der Waals surface area contributed by atoms with Crippen molar-refractivity contribution in [3.05, 3.63) is 95.8 Å². The zero-order valence-electron chi connectivity index (χ0n) is 14.6. The number of rotatable bonds is 6. The summed E-state index contributed by atoms with van der Waals surface area (Å²) in [4.78, 5) is 16.0. The van der Waals surface area contributed by atoms with Crippen LogP contribution in [0.3, 0.4) is 0 Å². The Labute approximate surface area is 156 Å². The lowest BCUT2D eigenvalue weighted by molar-refractivity contribution is 0.0697. The molecular weight excluding hydrogens is 340 g/mol. The van der Waals surface area contributed by atoms with Gasteiger partial charge in [0.25, 0.3) is 0 Å². The second kappa shape index (κ2) is 7.33. The van der Waals surface area contributed by atoms with E-state index in [4.69, 9.17) is 4.74 Å². The Balaban J connectivity index is 1.74. The number of benzene rings is 3. The predicted molar refractivity (Wildman–Crippen MR) is 103 cm³/mol. The summed E-state index contributed by atoms with van der Waals surface area (Å²) in [5.41, 5.74) is 2.89. The van der Waals surface area contributed by atoms with Gasteiger partial charge < -0.3 is 14.4 Å². The number of ether oxygens (including phenoxy) is 1. The number of fused-ring (bicyclic) bond motifs is 1. The summed E-state index contributed by atoms with van der Waals surface area (Å²) in [6, 6.07) is 24.6. The quantitative estimate of drug-likeness (QED) is 0.556. The highest BCUT2D eigenvalue weighted by molar-refractivity contribution is 5.92. The first kappa shape index (κ1) is 16.8. The molecule has 27 heavy (non-hydrogen) atoms. The lowest BCUT2D eigenvalue weighted by Crippen LogP contribution is -2.08. The maximum absolute atomic E-state index is 11.4. The molecule has 4 aromatic rings. The van der Waals surface area contributed by atoms with E-state index in [1.54, 1.807) is 18.2 Å². The number of para-hydroxylation sites is 1. The third kappa shape index (κ3) is 3.67. The lowest BCUT2D eigenvalue weighted by Gasteiger charge is -2.11. The summed E-state index contributed by atoms with van der Waals surface area (Å²) >= 11 is 0. The molecule has 0 fully saturated rings. The lowest BCUT2D eigenvalue weighted by atomic mass is 10.2. The summed E-state index contributed by atoms with van der Waals surface area (Å²) in [5.74, 6) is 0.564. The first-order valence-corrected chi connectivity index (χ1v) is 8.65. The van der Waals surface area contributed by atoms with Crippen molar-refractivity contribution < 1.29 is 14.6 Å². The fourth-order valence-corrected chi connectivity index (χ4v) is 3.02. The van der Waals surface area contributed by atoms with E-state index in [1.165, 1.54) is 0 Å². The molecule has 5 heteroatoms. The van der Waals surface area contributed by atoms with Crippen LogP contribution in [0.1, 0.15) is 21.7 Å². The number of hydrogen-bond acceptors (Lipinski definition) is 3. The molecule has 0 amide bonds. The smallest absolute Gasteiger partial charge is 0.335 e. The van der Waals surface area contributed by atoms with E-state index in [2.05, 4.69) is 4.98 Å². The topological polar surface area (TPSA) is 64.3 Å². The normalized spacial score (nSPS) is 10.8. The van der Waals surface area contributed by atoms with Gasteiger partial charge in [-0.15, -0.1) is 0 Å². The summed E-state index contributed by atoms with van der Waals surface area (Å²) in [6.07, 6.45) is 0. The Morgan fingerprint density at radius 3 is 2.37 bits per heavy atom. The monoisotopic (exact) mass is 358 g/mol. The third-order valence-corrected chi connectivity index (χ3v) is 4.37. The van der Waals surface area contributed by atoms with E-state index >= 15 is 0 Å². The fraction of sp³-hybridized carbons (Fsp3) is 0.0909. The van der Waals surface area contributed by atoms with E-state index in [9.17, 15) is 9.90 Å². The SMILES string of the molecule is O=C(O)c1ccc2nc(COc3ccccc3)n(Cc3ccccc3)c2c1. The number of aromatic carboxylic acids is 1. The Morgan fingerprint density at radius 2 is 1.67 bits per heavy atom. The average molecular weight is 358 g/mol. The van der Waals surface area contributed by atoms with E-state index in [-0.39, 0.29) is 5.56 Å². The maximum atomic E-state index is 11.4. The van der Waals surface area contributed by atoms with Crippen LogP contribution >= 0.6 is 0 Å². The molecule has 0 spiro atoms. The number of imidazole rings is 1. The van der Waals surface area contributed by atoms with E-state index < -0.39 is 5.97 Å². The highest BCUT2D eigenvalue weighted by atomic mass is 16.5. The minimum atomic E-state index is -0.952. The van der Waals surface area contributed by atoms with Crippen LogP contribution in [0, 0.1) is 0 Å². The van der Waals surface area contributed by atoms with Gasteiger partial charge >= 0.3 is 5.97 Å². The number of aromatic nitrogens is 2. The molecule has 1 N–H and O–H groups in total. The second-order valence-electron chi connectivity index (χ2n) is 6.21. The Kier molecular flexibility index (Phi) is 4.58. The minimum absolute atomic E-state index is 0.243. The molecule has 3 aromatic carbocycles. The zero-order valence-corrected chi connectivity index (χ0v) is 14.6. The predicted octanol–water partition coefficient (Wildman–Crippen LogP) is 4.36. The number of carboxylic acids is 1. The second-order valence-corrected chi connectivity index (χ2v) is 6.21. The number of hydrogen-bond donors (Lipinski definition) is 1. The van der Waals surface area contributed by atoms with E-state index in [1.807, 2.05) is 65.2 Å². The Bertz CT molecular complexity index is 1070. The molecule has 0 aliphatic carbocycles. The highest BCUT2D eigenvalue weighted by Crippen LogP contribution is 2.21. The van der Waals surface area contributed by atoms with Gasteiger partial charge in [-0.2, -0.15) is 0 Å². The molecule has 0 unspecified atom stereocenters. The van der Waals surface area contributed by atoms with Crippen molar-refractivity contribution in [2.45, 2.75) is 13.2 Å². The van der Waals surface area contributed by atoms with E-state index in [0.29, 0.717) is 13.2 Å². The molecule has 0 saturated carbocycles. The van der Waals surface area contributed by atoms with Crippen molar-refractivity contribution in [1.29, 1.82) is 0 Å².